The zero-order valence-corrected chi connectivity index (χ0v) is 14.3. The standard InChI is InChI=1S/C18H15F3O4S/c19-18(20,21)15-7-4-8-16(13-15)26(23,24)12-11-25-17(22)10-9-14-5-2-1-3-6-14/h1-10,13H,11-12H2/b10-9+. The molecular weight excluding hydrogens is 369 g/mol. The minimum atomic E-state index is -4.64. The molecule has 0 unspecified atom stereocenters. The topological polar surface area (TPSA) is 60.4 Å². The minimum Gasteiger partial charge on any atom is -0.461 e. The van der Waals surface area contributed by atoms with Gasteiger partial charge in [-0.2, -0.15) is 13.2 Å². The first-order valence-corrected chi connectivity index (χ1v) is 9.14. The fourth-order valence-electron chi connectivity index (χ4n) is 2.01. The van der Waals surface area contributed by atoms with E-state index in [9.17, 15) is 26.4 Å². The summed E-state index contributed by atoms with van der Waals surface area (Å²) in [6.07, 6.45) is -1.99. The van der Waals surface area contributed by atoms with E-state index < -0.39 is 44.8 Å². The summed E-state index contributed by atoms with van der Waals surface area (Å²) in [5, 5.41) is 0. The van der Waals surface area contributed by atoms with Gasteiger partial charge in [-0.25, -0.2) is 13.2 Å². The summed E-state index contributed by atoms with van der Waals surface area (Å²) in [7, 11) is -4.01. The van der Waals surface area contributed by atoms with E-state index in [1.165, 1.54) is 6.08 Å². The lowest BCUT2D eigenvalue weighted by molar-refractivity contribution is -0.138. The molecule has 0 heterocycles. The Hall–Kier alpha value is -2.61. The van der Waals surface area contributed by atoms with E-state index in [0.717, 1.165) is 29.8 Å². The van der Waals surface area contributed by atoms with Gasteiger partial charge >= 0.3 is 12.1 Å². The van der Waals surface area contributed by atoms with Crippen LogP contribution in [0.2, 0.25) is 0 Å². The number of carbonyl (C=O) groups is 1. The highest BCUT2D eigenvalue weighted by Crippen LogP contribution is 2.30. The van der Waals surface area contributed by atoms with E-state index >= 15 is 0 Å². The highest BCUT2D eigenvalue weighted by molar-refractivity contribution is 7.91. The molecule has 2 aromatic carbocycles. The van der Waals surface area contributed by atoms with Gasteiger partial charge in [0.15, 0.2) is 9.84 Å². The van der Waals surface area contributed by atoms with Gasteiger partial charge in [0.05, 0.1) is 16.2 Å². The second kappa shape index (κ2) is 8.18. The van der Waals surface area contributed by atoms with Crippen LogP contribution in [0, 0.1) is 0 Å². The molecule has 2 aromatic rings. The molecule has 0 aliphatic rings. The van der Waals surface area contributed by atoms with E-state index in [-0.39, 0.29) is 0 Å². The van der Waals surface area contributed by atoms with Crippen molar-refractivity contribution in [2.45, 2.75) is 11.1 Å². The molecule has 0 saturated heterocycles. The molecule has 138 valence electrons. The van der Waals surface area contributed by atoms with Crippen molar-refractivity contribution in [3.8, 4) is 0 Å². The van der Waals surface area contributed by atoms with E-state index in [1.807, 2.05) is 6.07 Å². The molecule has 0 radical (unpaired) electrons. The van der Waals surface area contributed by atoms with Gasteiger partial charge in [-0.3, -0.25) is 0 Å². The number of hydrogen-bond acceptors (Lipinski definition) is 4. The van der Waals surface area contributed by atoms with Crippen molar-refractivity contribution in [2.75, 3.05) is 12.4 Å². The quantitative estimate of drug-likeness (QED) is 0.562. The largest absolute Gasteiger partial charge is 0.461 e. The number of carbonyl (C=O) groups excluding carboxylic acids is 1. The number of alkyl halides is 3. The molecule has 8 heteroatoms. The van der Waals surface area contributed by atoms with Gasteiger partial charge in [-0.15, -0.1) is 0 Å². The first-order valence-electron chi connectivity index (χ1n) is 7.48. The normalized spacial score (nSPS) is 12.3. The molecule has 0 fully saturated rings. The predicted octanol–water partition coefficient (Wildman–Crippen LogP) is 3.74. The van der Waals surface area contributed by atoms with Crippen LogP contribution in [-0.2, 0) is 25.5 Å². The van der Waals surface area contributed by atoms with Gasteiger partial charge in [0, 0.05) is 6.08 Å². The fourth-order valence-corrected chi connectivity index (χ4v) is 3.14. The summed E-state index contributed by atoms with van der Waals surface area (Å²) in [4.78, 5) is 11.1. The Morgan fingerprint density at radius 3 is 2.38 bits per heavy atom. The number of hydrogen-bond donors (Lipinski definition) is 0. The Bertz CT molecular complexity index is 888. The molecule has 0 aromatic heterocycles. The Balaban J connectivity index is 1.94. The molecule has 2 rings (SSSR count). The van der Waals surface area contributed by atoms with Gasteiger partial charge in [-0.05, 0) is 29.8 Å². The summed E-state index contributed by atoms with van der Waals surface area (Å²) >= 11 is 0. The fraction of sp³-hybridized carbons (Fsp3) is 0.167. The molecule has 0 N–H and O–H groups in total. The van der Waals surface area contributed by atoms with E-state index in [2.05, 4.69) is 0 Å². The van der Waals surface area contributed by atoms with Crippen molar-refractivity contribution in [1.29, 1.82) is 0 Å². The number of sulfone groups is 1. The molecule has 0 bridgehead atoms. The summed E-state index contributed by atoms with van der Waals surface area (Å²) in [6.45, 7) is -0.462. The molecule has 0 atom stereocenters. The number of rotatable bonds is 6. The molecular formula is C18H15F3O4S. The molecule has 4 nitrogen and oxygen atoms in total. The van der Waals surface area contributed by atoms with Gasteiger partial charge in [-0.1, -0.05) is 36.4 Å². The third-order valence-electron chi connectivity index (χ3n) is 3.33. The van der Waals surface area contributed by atoms with Crippen LogP contribution in [0.1, 0.15) is 11.1 Å². The first kappa shape index (κ1) is 19.7. The van der Waals surface area contributed by atoms with Crippen molar-refractivity contribution in [3.63, 3.8) is 0 Å². The molecule has 26 heavy (non-hydrogen) atoms. The van der Waals surface area contributed by atoms with E-state index in [0.29, 0.717) is 6.07 Å². The monoisotopic (exact) mass is 384 g/mol. The zero-order chi connectivity index (χ0) is 19.2. The van der Waals surface area contributed by atoms with Crippen LogP contribution >= 0.6 is 0 Å². The molecule has 0 spiro atoms. The maximum atomic E-state index is 12.7. The highest BCUT2D eigenvalue weighted by Gasteiger charge is 2.31. The van der Waals surface area contributed by atoms with Gasteiger partial charge in [0.1, 0.15) is 6.61 Å². The van der Waals surface area contributed by atoms with Crippen LogP contribution in [0.15, 0.2) is 65.6 Å². The van der Waals surface area contributed by atoms with E-state index in [4.69, 9.17) is 4.74 Å². The Morgan fingerprint density at radius 2 is 1.73 bits per heavy atom. The average molecular weight is 384 g/mol. The molecule has 0 aliphatic heterocycles. The lowest BCUT2D eigenvalue weighted by Crippen LogP contribution is -2.15. The Labute approximate surface area is 148 Å². The smallest absolute Gasteiger partial charge is 0.416 e. The van der Waals surface area contributed by atoms with Crippen LogP contribution in [0.4, 0.5) is 13.2 Å². The van der Waals surface area contributed by atoms with Gasteiger partial charge in [0.25, 0.3) is 0 Å². The predicted molar refractivity (Wildman–Crippen MR) is 89.9 cm³/mol. The Kier molecular flexibility index (Phi) is 6.20. The van der Waals surface area contributed by atoms with Gasteiger partial charge in [0.2, 0.25) is 0 Å². The number of ether oxygens (including phenoxy) is 1. The van der Waals surface area contributed by atoms with Crippen molar-refractivity contribution >= 4 is 21.9 Å². The number of esters is 1. The summed E-state index contributed by atoms with van der Waals surface area (Å²) < 4.78 is 67.0. The maximum Gasteiger partial charge on any atom is 0.416 e. The SMILES string of the molecule is O=C(/C=C/c1ccccc1)OCCS(=O)(=O)c1cccc(C(F)(F)F)c1. The van der Waals surface area contributed by atoms with Crippen molar-refractivity contribution < 1.29 is 31.1 Å². The van der Waals surface area contributed by atoms with Crippen molar-refractivity contribution in [3.05, 3.63) is 71.8 Å². The van der Waals surface area contributed by atoms with Crippen LogP contribution in [0.5, 0.6) is 0 Å². The summed E-state index contributed by atoms with van der Waals surface area (Å²) in [5.74, 6) is -1.35. The second-order valence-corrected chi connectivity index (χ2v) is 7.37. The Morgan fingerprint density at radius 1 is 1.04 bits per heavy atom. The van der Waals surface area contributed by atoms with Crippen molar-refractivity contribution in [2.24, 2.45) is 0 Å². The van der Waals surface area contributed by atoms with E-state index in [1.54, 1.807) is 24.3 Å². The number of halogens is 3. The lowest BCUT2D eigenvalue weighted by Gasteiger charge is -2.09. The minimum absolute atomic E-state index is 0.462. The van der Waals surface area contributed by atoms with Gasteiger partial charge < -0.3 is 4.74 Å². The van der Waals surface area contributed by atoms with Crippen LogP contribution < -0.4 is 0 Å². The van der Waals surface area contributed by atoms with Crippen molar-refractivity contribution in [1.82, 2.24) is 0 Å². The maximum absolute atomic E-state index is 12.7. The van der Waals surface area contributed by atoms with Crippen LogP contribution in [-0.4, -0.2) is 26.7 Å². The average Bonchev–Trinajstić information content (AvgIpc) is 2.60. The summed E-state index contributed by atoms with van der Waals surface area (Å²) in [6, 6.07) is 12.4. The van der Waals surface area contributed by atoms with Crippen LogP contribution in [0.25, 0.3) is 6.08 Å². The highest BCUT2D eigenvalue weighted by atomic mass is 32.2. The molecule has 0 saturated carbocycles. The first-order chi connectivity index (χ1) is 12.2. The zero-order valence-electron chi connectivity index (χ0n) is 13.4. The molecule has 0 aliphatic carbocycles. The molecule has 0 amide bonds. The third-order valence-corrected chi connectivity index (χ3v) is 5.00. The third kappa shape index (κ3) is 5.73. The summed E-state index contributed by atoms with van der Waals surface area (Å²) in [5.41, 5.74) is -0.289. The lowest BCUT2D eigenvalue weighted by atomic mass is 10.2. The second-order valence-electron chi connectivity index (χ2n) is 5.26. The number of benzene rings is 2. The van der Waals surface area contributed by atoms with Crippen LogP contribution in [0.3, 0.4) is 0 Å².